The minimum Gasteiger partial charge on any atom is -0.322 e. The van der Waals surface area contributed by atoms with Gasteiger partial charge in [0.25, 0.3) is 5.56 Å². The molecule has 0 spiro atoms. The maximum atomic E-state index is 13.6. The predicted molar refractivity (Wildman–Crippen MR) is 58.8 cm³/mol. The number of fused-ring (bicyclic) bond motifs is 1. The Balaban J connectivity index is 2.86. The summed E-state index contributed by atoms with van der Waals surface area (Å²) in [6.45, 7) is 1.65. The smallest absolute Gasteiger partial charge is 0.251 e. The number of alkyl halides is 1. The third-order valence-electron chi connectivity index (χ3n) is 2.31. The Bertz CT molecular complexity index is 577. The molecule has 0 aliphatic carbocycles. The molecule has 0 saturated carbocycles. The van der Waals surface area contributed by atoms with Crippen molar-refractivity contribution in [3.63, 3.8) is 0 Å². The summed E-state index contributed by atoms with van der Waals surface area (Å²) in [6.07, 6.45) is 0. The number of hydrogen-bond donors (Lipinski definition) is 1. The van der Waals surface area contributed by atoms with Gasteiger partial charge in [-0.1, -0.05) is 0 Å². The average Bonchev–Trinajstić information content (AvgIpc) is 2.21. The van der Waals surface area contributed by atoms with Crippen LogP contribution in [0.3, 0.4) is 0 Å². The Morgan fingerprint density at radius 1 is 1.40 bits per heavy atom. The van der Waals surface area contributed by atoms with Crippen molar-refractivity contribution in [2.75, 3.05) is 0 Å². The zero-order valence-electron chi connectivity index (χ0n) is 8.10. The number of aromatic amines is 1. The SMILES string of the molecule is Cc1cc2c(F)cc(CCl)cc2[nH]c1=O. The third kappa shape index (κ3) is 1.75. The highest BCUT2D eigenvalue weighted by atomic mass is 35.5. The first kappa shape index (κ1) is 10.2. The number of halogens is 2. The molecule has 2 nitrogen and oxygen atoms in total. The lowest BCUT2D eigenvalue weighted by atomic mass is 10.1. The van der Waals surface area contributed by atoms with Gasteiger partial charge in [0.05, 0.1) is 5.52 Å². The van der Waals surface area contributed by atoms with Crippen molar-refractivity contribution in [1.82, 2.24) is 4.98 Å². The highest BCUT2D eigenvalue weighted by molar-refractivity contribution is 6.17. The number of nitrogens with one attached hydrogen (secondary N) is 1. The summed E-state index contributed by atoms with van der Waals surface area (Å²) in [5.74, 6) is -0.134. The minimum atomic E-state index is -0.359. The van der Waals surface area contributed by atoms with Crippen molar-refractivity contribution in [2.45, 2.75) is 12.8 Å². The molecule has 1 aromatic heterocycles. The molecule has 0 unspecified atom stereocenters. The molecule has 78 valence electrons. The van der Waals surface area contributed by atoms with Crippen molar-refractivity contribution < 1.29 is 4.39 Å². The molecule has 0 aliphatic rings. The molecule has 0 saturated heterocycles. The largest absolute Gasteiger partial charge is 0.322 e. The maximum Gasteiger partial charge on any atom is 0.251 e. The predicted octanol–water partition coefficient (Wildman–Crippen LogP) is 2.71. The van der Waals surface area contributed by atoms with Crippen LogP contribution in [0.1, 0.15) is 11.1 Å². The van der Waals surface area contributed by atoms with Gasteiger partial charge in [-0.15, -0.1) is 11.6 Å². The second kappa shape index (κ2) is 3.66. The van der Waals surface area contributed by atoms with Gasteiger partial charge in [-0.05, 0) is 30.7 Å². The highest BCUT2D eigenvalue weighted by Crippen LogP contribution is 2.18. The summed E-state index contributed by atoms with van der Waals surface area (Å²) < 4.78 is 13.6. The molecule has 0 fully saturated rings. The van der Waals surface area contributed by atoms with Gasteiger partial charge in [0, 0.05) is 16.8 Å². The van der Waals surface area contributed by atoms with E-state index in [0.717, 1.165) is 0 Å². The summed E-state index contributed by atoms with van der Waals surface area (Å²) in [4.78, 5) is 14.0. The Hall–Kier alpha value is -1.35. The molecule has 1 aromatic carbocycles. The van der Waals surface area contributed by atoms with Gasteiger partial charge in [-0.2, -0.15) is 0 Å². The Labute approximate surface area is 90.7 Å². The lowest BCUT2D eigenvalue weighted by Crippen LogP contribution is -2.09. The molecule has 0 aliphatic heterocycles. The molecule has 0 atom stereocenters. The van der Waals surface area contributed by atoms with Crippen LogP contribution in [-0.2, 0) is 5.88 Å². The monoisotopic (exact) mass is 225 g/mol. The number of pyridine rings is 1. The van der Waals surface area contributed by atoms with Crippen LogP contribution in [0.15, 0.2) is 23.0 Å². The fourth-order valence-corrected chi connectivity index (χ4v) is 1.66. The van der Waals surface area contributed by atoms with Crippen LogP contribution in [0, 0.1) is 12.7 Å². The first-order valence-electron chi connectivity index (χ1n) is 4.50. The number of hydrogen-bond acceptors (Lipinski definition) is 1. The van der Waals surface area contributed by atoms with Crippen LogP contribution < -0.4 is 5.56 Å². The third-order valence-corrected chi connectivity index (χ3v) is 2.62. The van der Waals surface area contributed by atoms with Gasteiger partial charge < -0.3 is 4.98 Å². The number of aryl methyl sites for hydroxylation is 1. The first-order chi connectivity index (χ1) is 7.11. The van der Waals surface area contributed by atoms with E-state index in [2.05, 4.69) is 4.98 Å². The normalized spacial score (nSPS) is 10.9. The topological polar surface area (TPSA) is 32.9 Å². The van der Waals surface area contributed by atoms with Gasteiger partial charge in [0.15, 0.2) is 0 Å². The molecule has 1 N–H and O–H groups in total. The van der Waals surface area contributed by atoms with E-state index in [1.807, 2.05) is 0 Å². The maximum absolute atomic E-state index is 13.6. The van der Waals surface area contributed by atoms with E-state index >= 15 is 0 Å². The zero-order valence-corrected chi connectivity index (χ0v) is 8.86. The number of benzene rings is 1. The van der Waals surface area contributed by atoms with Crippen LogP contribution in [0.4, 0.5) is 4.39 Å². The summed E-state index contributed by atoms with van der Waals surface area (Å²) in [7, 11) is 0. The second-order valence-corrected chi connectivity index (χ2v) is 3.72. The molecule has 0 radical (unpaired) electrons. The molecule has 15 heavy (non-hydrogen) atoms. The van der Waals surface area contributed by atoms with Gasteiger partial charge in [0.2, 0.25) is 0 Å². The van der Waals surface area contributed by atoms with Crippen molar-refractivity contribution in [2.24, 2.45) is 0 Å². The van der Waals surface area contributed by atoms with Crippen molar-refractivity contribution in [3.05, 3.63) is 45.5 Å². The van der Waals surface area contributed by atoms with Gasteiger partial charge >= 0.3 is 0 Å². The zero-order chi connectivity index (χ0) is 11.0. The van der Waals surface area contributed by atoms with Crippen LogP contribution in [-0.4, -0.2) is 4.98 Å². The molecule has 0 bridgehead atoms. The van der Waals surface area contributed by atoms with Crippen molar-refractivity contribution >= 4 is 22.5 Å². The van der Waals surface area contributed by atoms with E-state index in [9.17, 15) is 9.18 Å². The lowest BCUT2D eigenvalue weighted by Gasteiger charge is -2.03. The quantitative estimate of drug-likeness (QED) is 0.744. The molecule has 2 rings (SSSR count). The Morgan fingerprint density at radius 2 is 2.13 bits per heavy atom. The van der Waals surface area contributed by atoms with Crippen molar-refractivity contribution in [1.29, 1.82) is 0 Å². The fraction of sp³-hybridized carbons (Fsp3) is 0.182. The van der Waals surface area contributed by atoms with Crippen LogP contribution in [0.25, 0.3) is 10.9 Å². The Kier molecular flexibility index (Phi) is 2.49. The standard InChI is InChI=1S/C11H9ClFNO/c1-6-2-8-9(13)3-7(5-12)4-10(8)14-11(6)15/h2-4H,5H2,1H3,(H,14,15). The van der Waals surface area contributed by atoms with E-state index in [-0.39, 0.29) is 17.3 Å². The number of aromatic nitrogens is 1. The first-order valence-corrected chi connectivity index (χ1v) is 5.03. The van der Waals surface area contributed by atoms with Gasteiger partial charge in [0.1, 0.15) is 5.82 Å². The molecule has 4 heteroatoms. The highest BCUT2D eigenvalue weighted by Gasteiger charge is 2.05. The van der Waals surface area contributed by atoms with E-state index in [0.29, 0.717) is 22.0 Å². The van der Waals surface area contributed by atoms with Gasteiger partial charge in [-0.3, -0.25) is 4.79 Å². The van der Waals surface area contributed by atoms with Gasteiger partial charge in [-0.25, -0.2) is 4.39 Å². The fourth-order valence-electron chi connectivity index (χ4n) is 1.50. The van der Waals surface area contributed by atoms with Crippen LogP contribution in [0.5, 0.6) is 0 Å². The van der Waals surface area contributed by atoms with Crippen LogP contribution >= 0.6 is 11.6 Å². The summed E-state index contributed by atoms with van der Waals surface area (Å²) in [5.41, 5.74) is 1.44. The molecule has 0 amide bonds. The van der Waals surface area contributed by atoms with E-state index in [1.165, 1.54) is 6.07 Å². The van der Waals surface area contributed by atoms with Crippen LogP contribution in [0.2, 0.25) is 0 Å². The van der Waals surface area contributed by atoms with E-state index in [4.69, 9.17) is 11.6 Å². The van der Waals surface area contributed by atoms with Crippen molar-refractivity contribution in [3.8, 4) is 0 Å². The van der Waals surface area contributed by atoms with E-state index in [1.54, 1.807) is 19.1 Å². The summed E-state index contributed by atoms with van der Waals surface area (Å²) >= 11 is 5.61. The van der Waals surface area contributed by atoms with E-state index < -0.39 is 0 Å². The Morgan fingerprint density at radius 3 is 2.80 bits per heavy atom. The summed E-state index contributed by atoms with van der Waals surface area (Å²) in [5, 5.41) is 0.418. The molecular formula is C11H9ClFNO. The number of H-pyrrole nitrogens is 1. The minimum absolute atomic E-state index is 0.200. The lowest BCUT2D eigenvalue weighted by molar-refractivity contribution is 0.638. The molecule has 2 aromatic rings. The molecular weight excluding hydrogens is 217 g/mol. The average molecular weight is 226 g/mol. The second-order valence-electron chi connectivity index (χ2n) is 3.45. The summed E-state index contributed by atoms with van der Waals surface area (Å²) in [6, 6.07) is 4.61. The molecule has 1 heterocycles. The number of rotatable bonds is 1.